The molecule has 0 aliphatic carbocycles. The van der Waals surface area contributed by atoms with Crippen molar-refractivity contribution in [3.05, 3.63) is 57.7 Å². The maximum Gasteiger partial charge on any atom is 0.259 e. The molecule has 1 aromatic carbocycles. The lowest BCUT2D eigenvalue weighted by Gasteiger charge is -2.36. The SMILES string of the molecule is CC(=O)N1CCN(c2ccc3c(=O)c(C(=O)NCCN4CCCC4)c4n(c3n2)-c2ccccc2CN4C)CC1. The zero-order valence-electron chi connectivity index (χ0n) is 22.7. The summed E-state index contributed by atoms with van der Waals surface area (Å²) in [6, 6.07) is 11.7. The van der Waals surface area contributed by atoms with Crippen LogP contribution in [0.1, 0.15) is 35.7 Å². The smallest absolute Gasteiger partial charge is 0.259 e. The average Bonchev–Trinajstić information content (AvgIpc) is 3.46. The van der Waals surface area contributed by atoms with Crippen LogP contribution in [0.5, 0.6) is 0 Å². The Morgan fingerprint density at radius 3 is 2.46 bits per heavy atom. The zero-order valence-corrected chi connectivity index (χ0v) is 22.7. The Balaban J connectivity index is 1.43. The first-order chi connectivity index (χ1) is 18.9. The number of likely N-dealkylation sites (tertiary alicyclic amines) is 1. The number of piperazine rings is 1. The third kappa shape index (κ3) is 4.63. The highest BCUT2D eigenvalue weighted by atomic mass is 16.2. The van der Waals surface area contributed by atoms with E-state index in [1.807, 2.05) is 45.7 Å². The van der Waals surface area contributed by atoms with Crippen molar-refractivity contribution >= 4 is 34.5 Å². The van der Waals surface area contributed by atoms with Crippen LogP contribution in [0.2, 0.25) is 0 Å². The highest BCUT2D eigenvalue weighted by Gasteiger charge is 2.31. The molecule has 3 aliphatic rings. The van der Waals surface area contributed by atoms with E-state index in [1.165, 1.54) is 12.8 Å². The lowest BCUT2D eigenvalue weighted by molar-refractivity contribution is -0.129. The van der Waals surface area contributed by atoms with Gasteiger partial charge in [-0.3, -0.25) is 19.0 Å². The number of benzene rings is 1. The van der Waals surface area contributed by atoms with Gasteiger partial charge in [-0.2, -0.15) is 0 Å². The molecule has 1 N–H and O–H groups in total. The van der Waals surface area contributed by atoms with Gasteiger partial charge in [-0.25, -0.2) is 4.98 Å². The molecule has 39 heavy (non-hydrogen) atoms. The van der Waals surface area contributed by atoms with E-state index in [0.29, 0.717) is 56.1 Å². The predicted octanol–water partition coefficient (Wildman–Crippen LogP) is 1.83. The molecule has 0 radical (unpaired) electrons. The number of anilines is 2. The second kappa shape index (κ2) is 10.3. The predicted molar refractivity (Wildman–Crippen MR) is 152 cm³/mol. The van der Waals surface area contributed by atoms with Crippen LogP contribution in [0.3, 0.4) is 0 Å². The van der Waals surface area contributed by atoms with Gasteiger partial charge in [0.2, 0.25) is 11.3 Å². The van der Waals surface area contributed by atoms with Crippen LogP contribution in [0, 0.1) is 0 Å². The van der Waals surface area contributed by atoms with Gasteiger partial charge >= 0.3 is 0 Å². The van der Waals surface area contributed by atoms with Crippen molar-refractivity contribution in [2.24, 2.45) is 0 Å². The number of amides is 2. The molecular weight excluding hydrogens is 494 g/mol. The van der Waals surface area contributed by atoms with E-state index < -0.39 is 0 Å². The van der Waals surface area contributed by atoms with E-state index in [4.69, 9.17) is 4.98 Å². The summed E-state index contributed by atoms with van der Waals surface area (Å²) in [7, 11) is 1.92. The van der Waals surface area contributed by atoms with E-state index >= 15 is 0 Å². The van der Waals surface area contributed by atoms with Crippen LogP contribution in [-0.2, 0) is 11.3 Å². The number of nitrogens with one attached hydrogen (secondary N) is 1. The van der Waals surface area contributed by atoms with Crippen molar-refractivity contribution in [3.8, 4) is 5.69 Å². The van der Waals surface area contributed by atoms with Crippen molar-refractivity contribution in [1.29, 1.82) is 0 Å². The van der Waals surface area contributed by atoms with Crippen molar-refractivity contribution in [1.82, 2.24) is 24.7 Å². The molecule has 5 heterocycles. The number of pyridine rings is 2. The third-order valence-corrected chi connectivity index (χ3v) is 8.17. The Bertz CT molecular complexity index is 1490. The molecule has 204 valence electrons. The van der Waals surface area contributed by atoms with Crippen LogP contribution >= 0.6 is 0 Å². The minimum Gasteiger partial charge on any atom is -0.356 e. The van der Waals surface area contributed by atoms with Gasteiger partial charge in [0.25, 0.3) is 5.91 Å². The summed E-state index contributed by atoms with van der Waals surface area (Å²) in [5.41, 5.74) is 2.41. The van der Waals surface area contributed by atoms with Crippen LogP contribution in [0.15, 0.2) is 41.2 Å². The molecular formula is C29H35N7O3. The normalized spacial score (nSPS) is 17.3. The molecule has 6 rings (SSSR count). The van der Waals surface area contributed by atoms with Gasteiger partial charge in [0, 0.05) is 59.8 Å². The number of nitrogens with zero attached hydrogens (tertiary/aromatic N) is 6. The fourth-order valence-corrected chi connectivity index (χ4v) is 6.07. The number of rotatable bonds is 5. The van der Waals surface area contributed by atoms with Gasteiger partial charge in [0.15, 0.2) is 5.65 Å². The first-order valence-corrected chi connectivity index (χ1v) is 13.8. The number of aromatic nitrogens is 2. The molecule has 10 heteroatoms. The number of para-hydroxylation sites is 1. The molecule has 0 atom stereocenters. The van der Waals surface area contributed by atoms with Gasteiger partial charge in [0.05, 0.1) is 11.1 Å². The third-order valence-electron chi connectivity index (χ3n) is 8.17. The van der Waals surface area contributed by atoms with Crippen LogP contribution in [-0.4, -0.2) is 90.6 Å². The lowest BCUT2D eigenvalue weighted by atomic mass is 10.0. The molecule has 0 spiro atoms. The van der Waals surface area contributed by atoms with E-state index in [2.05, 4.69) is 21.2 Å². The molecule has 2 amide bonds. The minimum atomic E-state index is -0.347. The van der Waals surface area contributed by atoms with Gasteiger partial charge in [-0.1, -0.05) is 18.2 Å². The number of hydrogen-bond acceptors (Lipinski definition) is 7. The fraction of sp³-hybridized carbons (Fsp3) is 0.448. The molecule has 2 aromatic heterocycles. The zero-order chi connectivity index (χ0) is 27.1. The van der Waals surface area contributed by atoms with E-state index in [9.17, 15) is 14.4 Å². The van der Waals surface area contributed by atoms with Gasteiger partial charge < -0.3 is 24.9 Å². The maximum absolute atomic E-state index is 13.9. The highest BCUT2D eigenvalue weighted by molar-refractivity contribution is 6.03. The van der Waals surface area contributed by atoms with Crippen LogP contribution in [0.25, 0.3) is 16.7 Å². The van der Waals surface area contributed by atoms with Crippen molar-refractivity contribution in [2.75, 3.05) is 69.2 Å². The Kier molecular flexibility index (Phi) is 6.72. The number of fused-ring (bicyclic) bond motifs is 5. The standard InChI is InChI=1S/C29H35N7O3/c1-20(37)34-15-17-35(18-16-34)24-10-9-22-26(38)25(28(39)30-11-14-33-12-5-6-13-33)29-32(2)19-21-7-3-4-8-23(21)36(29)27(22)31-24/h3-4,7-10H,5-6,11-19H2,1-2H3,(H,30,39). The fourth-order valence-electron chi connectivity index (χ4n) is 6.07. The molecule has 2 fully saturated rings. The second-order valence-corrected chi connectivity index (χ2v) is 10.7. The first kappa shape index (κ1) is 25.4. The Hall–Kier alpha value is -3.92. The largest absolute Gasteiger partial charge is 0.356 e. The summed E-state index contributed by atoms with van der Waals surface area (Å²) in [6.45, 7) is 8.18. The van der Waals surface area contributed by atoms with Crippen LogP contribution < -0.4 is 20.5 Å². The molecule has 3 aliphatic heterocycles. The lowest BCUT2D eigenvalue weighted by Crippen LogP contribution is -2.48. The highest BCUT2D eigenvalue weighted by Crippen LogP contribution is 2.35. The first-order valence-electron chi connectivity index (χ1n) is 13.8. The monoisotopic (exact) mass is 529 g/mol. The van der Waals surface area contributed by atoms with Gasteiger partial charge in [-0.15, -0.1) is 0 Å². The second-order valence-electron chi connectivity index (χ2n) is 10.7. The molecule has 0 saturated carbocycles. The van der Waals surface area contributed by atoms with E-state index in [1.54, 1.807) is 13.0 Å². The van der Waals surface area contributed by atoms with Crippen molar-refractivity contribution < 1.29 is 9.59 Å². The Labute approximate surface area is 227 Å². The summed E-state index contributed by atoms with van der Waals surface area (Å²) in [6.07, 6.45) is 2.39. The maximum atomic E-state index is 13.9. The average molecular weight is 530 g/mol. The molecule has 2 saturated heterocycles. The Morgan fingerprint density at radius 2 is 1.72 bits per heavy atom. The summed E-state index contributed by atoms with van der Waals surface area (Å²) >= 11 is 0. The summed E-state index contributed by atoms with van der Waals surface area (Å²) < 4.78 is 1.97. The molecule has 10 nitrogen and oxygen atoms in total. The summed E-state index contributed by atoms with van der Waals surface area (Å²) in [5.74, 6) is 1.05. The quantitative estimate of drug-likeness (QED) is 0.539. The molecule has 3 aromatic rings. The van der Waals surface area contributed by atoms with Gasteiger partial charge in [0.1, 0.15) is 17.2 Å². The number of carbonyl (C=O) groups is 2. The topological polar surface area (TPSA) is 94.0 Å². The summed E-state index contributed by atoms with van der Waals surface area (Å²) in [4.78, 5) is 52.6. The minimum absolute atomic E-state index is 0.0765. The number of carbonyl (C=O) groups excluding carboxylic acids is 2. The van der Waals surface area contributed by atoms with E-state index in [-0.39, 0.29) is 22.8 Å². The molecule has 0 unspecified atom stereocenters. The van der Waals surface area contributed by atoms with E-state index in [0.717, 1.165) is 36.7 Å². The van der Waals surface area contributed by atoms with Crippen LogP contribution in [0.4, 0.5) is 11.6 Å². The van der Waals surface area contributed by atoms with Crippen molar-refractivity contribution in [2.45, 2.75) is 26.3 Å². The summed E-state index contributed by atoms with van der Waals surface area (Å²) in [5, 5.41) is 3.44. The van der Waals surface area contributed by atoms with Crippen molar-refractivity contribution in [3.63, 3.8) is 0 Å². The Morgan fingerprint density at radius 1 is 0.974 bits per heavy atom. The molecule has 0 bridgehead atoms. The number of hydrogen-bond donors (Lipinski definition) is 1. The van der Waals surface area contributed by atoms with Gasteiger partial charge in [-0.05, 0) is 49.7 Å².